The molecule has 524 valence electrons. The van der Waals surface area contributed by atoms with E-state index in [4.69, 9.17) is 69.6 Å². The minimum Gasteiger partial charge on any atom is -0.357 e. The third kappa shape index (κ3) is 20.4. The number of H-pyrrole nitrogens is 4. The number of benzene rings is 4. The van der Waals surface area contributed by atoms with Crippen molar-refractivity contribution in [3.63, 3.8) is 0 Å². The highest BCUT2D eigenvalue weighted by Gasteiger charge is 2.32. The van der Waals surface area contributed by atoms with Gasteiger partial charge in [-0.2, -0.15) is 13.2 Å². The van der Waals surface area contributed by atoms with E-state index in [1.807, 2.05) is 90.2 Å². The molecule has 6 aromatic heterocycles. The number of alkyl halides is 3. The van der Waals surface area contributed by atoms with Crippen molar-refractivity contribution in [1.29, 1.82) is 0 Å². The van der Waals surface area contributed by atoms with Crippen LogP contribution in [0.4, 0.5) is 24.8 Å². The van der Waals surface area contributed by atoms with Crippen LogP contribution in [-0.2, 0) is 21.0 Å². The van der Waals surface area contributed by atoms with Crippen molar-refractivity contribution in [3.8, 4) is 45.0 Å². The summed E-state index contributed by atoms with van der Waals surface area (Å²) in [6.07, 6.45) is 14.9. The van der Waals surface area contributed by atoms with Crippen molar-refractivity contribution in [2.75, 3.05) is 68.4 Å². The fourth-order valence-corrected chi connectivity index (χ4v) is 15.0. The maximum atomic E-state index is 12.9. The molecule has 17 nitrogen and oxygen atoms in total. The van der Waals surface area contributed by atoms with Gasteiger partial charge in [0, 0.05) is 148 Å². The molecule has 10 heterocycles. The third-order valence-corrected chi connectivity index (χ3v) is 20.4. The minimum atomic E-state index is -4.35. The van der Waals surface area contributed by atoms with Crippen LogP contribution in [0.5, 0.6) is 0 Å². The zero-order valence-corrected chi connectivity index (χ0v) is 58.4. The Kier molecular flexibility index (Phi) is 26.2. The predicted molar refractivity (Wildman–Crippen MR) is 394 cm³/mol. The van der Waals surface area contributed by atoms with Gasteiger partial charge in [0.05, 0.1) is 59.4 Å². The normalized spacial score (nSPS) is 15.9. The second-order valence-electron chi connectivity index (χ2n) is 24.4. The van der Waals surface area contributed by atoms with Crippen molar-refractivity contribution >= 4 is 97.2 Å². The summed E-state index contributed by atoms with van der Waals surface area (Å²) < 4.78 is 63.4. The number of anilines is 2. The molecule has 99 heavy (non-hydrogen) atoms. The molecule has 4 aliphatic heterocycles. The Bertz CT molecular complexity index is 4310. The molecule has 4 aliphatic rings. The number of rotatable bonds is 11. The Balaban J connectivity index is 0.000000154. The number of imidazole rings is 4. The molecule has 0 aliphatic carbocycles. The lowest BCUT2D eigenvalue weighted by atomic mass is 9.96. The lowest BCUT2D eigenvalue weighted by molar-refractivity contribution is -0.137. The Labute approximate surface area is 606 Å². The number of carbonyl (C=O) groups excluding carboxylic acids is 1. The van der Waals surface area contributed by atoms with E-state index < -0.39 is 21.8 Å². The number of hydrogen-bond acceptors (Lipinski definition) is 11. The molecular weight excluding hydrogens is 1410 g/mol. The van der Waals surface area contributed by atoms with Gasteiger partial charge in [-0.05, 0) is 142 Å². The molecule has 0 radical (unpaired) electrons. The molecule has 10 aromatic rings. The highest BCUT2D eigenvalue weighted by Crippen LogP contribution is 2.37. The Hall–Kier alpha value is -7.47. The number of aromatic amines is 4. The standard InChI is InChI=1S/C20H19F3N4.C19H18Cl2N4.C16H17Cl2N3O.C15H17Cl2N3O2S.2CH4/c21-20(22,23)16-5-3-4-15(12-16)17-13-25-19(26-17)14-7-10-27(11-8-14)18-6-1-2-9-24-18;20-15-9-14(10-16(21)11-15)17-12-23-19(24-17)13-4-7-25(8-5-13)18-3-1-2-6-22-18;1-10(22)21-4-2-11(3-5-21)16-19-9-15(20-16)12-6-13(17)8-14(18)7-12;1-23(21,22)20-4-2-10(3-5-20)15-18-9-14(19-15)11-6-12(16)8-13(17)7-11;;/h1-6,9,12-14H,7-8,10-11H2,(H,25,26);1-3,6,9-13H,4-5,7-8H2,(H,23,24);6-9,11H,2-5H2,1H3,(H,19,20);6-10H,2-5H2,1H3,(H,18,19);2*1H4. The van der Waals surface area contributed by atoms with Gasteiger partial charge in [-0.25, -0.2) is 42.6 Å². The predicted octanol–water partition coefficient (Wildman–Crippen LogP) is 18.9. The fourth-order valence-electron chi connectivity index (χ4n) is 12.5. The molecule has 0 saturated carbocycles. The molecule has 4 N–H and O–H groups in total. The van der Waals surface area contributed by atoms with E-state index in [0.717, 1.165) is 171 Å². The number of carbonyl (C=O) groups is 1. The number of nitrogens with one attached hydrogen (secondary N) is 4. The zero-order chi connectivity index (χ0) is 68.4. The number of piperidine rings is 4. The Morgan fingerprint density at radius 2 is 0.758 bits per heavy atom. The number of amides is 1. The first kappa shape index (κ1) is 75.7. The molecule has 14 rings (SSSR count). The van der Waals surface area contributed by atoms with Crippen LogP contribution < -0.4 is 9.80 Å². The number of nitrogens with zero attached hydrogens (tertiary/aromatic N) is 10. The average molecular weight is 1490 g/mol. The summed E-state index contributed by atoms with van der Waals surface area (Å²) in [6, 6.07) is 33.5. The van der Waals surface area contributed by atoms with Gasteiger partial charge in [-0.15, -0.1) is 0 Å². The van der Waals surface area contributed by atoms with E-state index in [2.05, 4.69) is 65.7 Å². The summed E-state index contributed by atoms with van der Waals surface area (Å²) in [5.41, 5.74) is 5.95. The second-order valence-corrected chi connectivity index (χ2v) is 29.0. The highest BCUT2D eigenvalue weighted by molar-refractivity contribution is 7.88. The van der Waals surface area contributed by atoms with Gasteiger partial charge in [0.2, 0.25) is 15.9 Å². The monoisotopic (exact) mass is 1490 g/mol. The van der Waals surface area contributed by atoms with Crippen LogP contribution in [0, 0.1) is 0 Å². The number of sulfonamides is 1. The van der Waals surface area contributed by atoms with Crippen molar-refractivity contribution in [2.24, 2.45) is 0 Å². The first-order valence-corrected chi connectivity index (χ1v) is 36.0. The molecule has 0 atom stereocenters. The van der Waals surface area contributed by atoms with Gasteiger partial charge in [0.25, 0.3) is 0 Å². The van der Waals surface area contributed by atoms with Crippen LogP contribution in [0.15, 0.2) is 152 Å². The van der Waals surface area contributed by atoms with Gasteiger partial charge in [-0.1, -0.05) is 109 Å². The molecule has 0 unspecified atom stereocenters. The minimum absolute atomic E-state index is 0. The SMILES string of the molecule is C.C.CC(=O)N1CCC(c2ncc(-c3cc(Cl)cc(Cl)c3)[nH]2)CC1.CS(=O)(=O)N1CCC(c2ncc(-c3cc(Cl)cc(Cl)c3)[nH]2)CC1.Clc1cc(Cl)cc(-c2cnc(C3CCN(c4ccccn4)CC3)[nH]2)c1.FC(F)(F)c1cccc(-c2cnc(C3CCN(c4ccccn4)CC3)[nH]2)c1. The number of pyridine rings is 2. The molecule has 4 aromatic carbocycles. The molecule has 4 saturated heterocycles. The van der Waals surface area contributed by atoms with E-state index in [-0.39, 0.29) is 32.6 Å². The quantitative estimate of drug-likeness (QED) is 0.0959. The van der Waals surface area contributed by atoms with Gasteiger partial charge >= 0.3 is 6.18 Å². The Morgan fingerprint density at radius 1 is 0.434 bits per heavy atom. The van der Waals surface area contributed by atoms with Crippen LogP contribution >= 0.6 is 69.6 Å². The molecule has 1 amide bonds. The third-order valence-electron chi connectivity index (χ3n) is 17.7. The van der Waals surface area contributed by atoms with Gasteiger partial charge in [0.15, 0.2) is 0 Å². The molecule has 0 bridgehead atoms. The summed E-state index contributed by atoms with van der Waals surface area (Å²) in [4.78, 5) is 58.0. The highest BCUT2D eigenvalue weighted by atomic mass is 35.5. The molecule has 4 fully saturated rings. The average Bonchev–Trinajstić information content (AvgIpc) is 1.74. The smallest absolute Gasteiger partial charge is 0.357 e. The first-order valence-electron chi connectivity index (χ1n) is 31.8. The van der Waals surface area contributed by atoms with E-state index in [1.165, 1.54) is 16.6 Å². The topological polar surface area (TPSA) is 205 Å². The summed E-state index contributed by atoms with van der Waals surface area (Å²) in [5, 5.41) is 3.61. The molecular formula is C72H79Cl6F3N14O3S. The summed E-state index contributed by atoms with van der Waals surface area (Å²) in [5.74, 6) is 7.18. The van der Waals surface area contributed by atoms with Crippen molar-refractivity contribution in [2.45, 2.75) is 103 Å². The second kappa shape index (κ2) is 34.3. The van der Waals surface area contributed by atoms with Gasteiger partial charge < -0.3 is 34.6 Å². The number of halogens is 9. The van der Waals surface area contributed by atoms with E-state index in [0.29, 0.717) is 66.3 Å². The summed E-state index contributed by atoms with van der Waals surface area (Å²) in [6.45, 7) is 7.99. The number of hydrogen-bond donors (Lipinski definition) is 4. The summed E-state index contributed by atoms with van der Waals surface area (Å²) in [7, 11) is -3.11. The lowest BCUT2D eigenvalue weighted by Gasteiger charge is -2.31. The van der Waals surface area contributed by atoms with Gasteiger partial charge in [0.1, 0.15) is 34.9 Å². The van der Waals surface area contributed by atoms with E-state index in [9.17, 15) is 26.4 Å². The molecule has 27 heteroatoms. The number of aromatic nitrogens is 10. The van der Waals surface area contributed by atoms with Crippen LogP contribution in [0.25, 0.3) is 45.0 Å². The van der Waals surface area contributed by atoms with Crippen molar-refractivity contribution in [1.82, 2.24) is 59.0 Å². The summed E-state index contributed by atoms with van der Waals surface area (Å²) >= 11 is 36.4. The molecule has 0 spiro atoms. The van der Waals surface area contributed by atoms with Crippen molar-refractivity contribution < 1.29 is 26.4 Å². The van der Waals surface area contributed by atoms with Crippen LogP contribution in [0.3, 0.4) is 0 Å². The maximum absolute atomic E-state index is 12.9. The van der Waals surface area contributed by atoms with Crippen LogP contribution in [0.2, 0.25) is 30.1 Å². The largest absolute Gasteiger partial charge is 0.416 e. The fraction of sp³-hybridized carbons (Fsp3) is 0.347. The maximum Gasteiger partial charge on any atom is 0.416 e. The number of likely N-dealkylation sites (tertiary alicyclic amines) is 1. The van der Waals surface area contributed by atoms with Crippen LogP contribution in [-0.4, -0.2) is 132 Å². The lowest BCUT2D eigenvalue weighted by Crippen LogP contribution is -2.37. The van der Waals surface area contributed by atoms with E-state index in [1.54, 1.807) is 49.8 Å². The zero-order valence-electron chi connectivity index (χ0n) is 53.1. The first-order chi connectivity index (χ1) is 46.5. The van der Waals surface area contributed by atoms with E-state index >= 15 is 0 Å². The van der Waals surface area contributed by atoms with Gasteiger partial charge in [-0.3, -0.25) is 4.79 Å². The van der Waals surface area contributed by atoms with Crippen LogP contribution in [0.1, 0.15) is 126 Å². The van der Waals surface area contributed by atoms with Crippen molar-refractivity contribution in [3.05, 3.63) is 211 Å². The Morgan fingerprint density at radius 3 is 1.06 bits per heavy atom.